The predicted molar refractivity (Wildman–Crippen MR) is 128 cm³/mol. The Morgan fingerprint density at radius 2 is 1.59 bits per heavy atom. The molecule has 5 aliphatic rings. The van der Waals surface area contributed by atoms with E-state index in [9.17, 15) is 9.59 Å². The Bertz CT molecular complexity index is 1030. The Morgan fingerprint density at radius 3 is 2.34 bits per heavy atom. The van der Waals surface area contributed by atoms with E-state index < -0.39 is 0 Å². The van der Waals surface area contributed by atoms with E-state index in [1.165, 1.54) is 55.9 Å². The number of hydrogen-bond acceptors (Lipinski definition) is 3. The third-order valence-corrected chi connectivity index (χ3v) is 9.12. The second kappa shape index (κ2) is 7.95. The molecule has 4 aliphatic carbocycles. The van der Waals surface area contributed by atoms with Crippen LogP contribution in [0.15, 0.2) is 53.4 Å². The zero-order valence-electron chi connectivity index (χ0n) is 18.4. The number of thioether (sulfide) groups is 1. The molecule has 5 heteroatoms. The van der Waals surface area contributed by atoms with Crippen LogP contribution in [0.2, 0.25) is 0 Å². The molecule has 0 unspecified atom stereocenters. The maximum absolute atomic E-state index is 13.4. The number of hydrogen-bond donors (Lipinski definition) is 1. The van der Waals surface area contributed by atoms with Crippen molar-refractivity contribution in [2.45, 2.75) is 55.4 Å². The Balaban J connectivity index is 1.14. The van der Waals surface area contributed by atoms with Crippen LogP contribution in [0.4, 0.5) is 5.69 Å². The lowest BCUT2D eigenvalue weighted by Gasteiger charge is -2.56. The minimum Gasteiger partial charge on any atom is -0.350 e. The van der Waals surface area contributed by atoms with Crippen LogP contribution in [0.1, 0.15) is 54.4 Å². The Morgan fingerprint density at radius 1 is 0.938 bits per heavy atom. The highest BCUT2D eigenvalue weighted by atomic mass is 32.2. The summed E-state index contributed by atoms with van der Waals surface area (Å²) in [6, 6.07) is 15.9. The van der Waals surface area contributed by atoms with Gasteiger partial charge in [-0.05, 0) is 86.5 Å². The maximum atomic E-state index is 13.4. The first-order valence-electron chi connectivity index (χ1n) is 12.0. The van der Waals surface area contributed by atoms with Crippen molar-refractivity contribution in [3.63, 3.8) is 0 Å². The van der Waals surface area contributed by atoms with Crippen LogP contribution in [0.5, 0.6) is 0 Å². The standard InChI is InChI=1S/C27H30N2O2S/c30-25(28-27-14-18-11-19(15-27)13-20(12-18)16-27)17-32-24-8-4-2-6-22(24)26(31)29-10-9-21-5-1-3-7-23(21)29/h1-8,18-20H,9-17H2,(H,28,30). The maximum Gasteiger partial charge on any atom is 0.259 e. The zero-order valence-corrected chi connectivity index (χ0v) is 19.2. The molecule has 1 aliphatic heterocycles. The van der Waals surface area contributed by atoms with Crippen LogP contribution in [-0.2, 0) is 11.2 Å². The fourth-order valence-electron chi connectivity index (χ4n) is 7.20. The number of nitrogens with one attached hydrogen (secondary N) is 1. The molecule has 0 spiro atoms. The number of anilines is 1. The average molecular weight is 447 g/mol. The second-order valence-corrected chi connectivity index (χ2v) is 11.4. The molecule has 0 saturated heterocycles. The van der Waals surface area contributed by atoms with E-state index in [2.05, 4.69) is 11.4 Å². The molecule has 4 nitrogen and oxygen atoms in total. The van der Waals surface area contributed by atoms with Crippen molar-refractivity contribution < 1.29 is 9.59 Å². The summed E-state index contributed by atoms with van der Waals surface area (Å²) in [7, 11) is 0. The van der Waals surface area contributed by atoms with E-state index in [1.54, 1.807) is 0 Å². The average Bonchev–Trinajstić information content (AvgIpc) is 3.20. The Labute approximate surface area is 194 Å². The van der Waals surface area contributed by atoms with E-state index >= 15 is 0 Å². The van der Waals surface area contributed by atoms with Gasteiger partial charge < -0.3 is 10.2 Å². The number of fused-ring (bicyclic) bond motifs is 1. The number of carbonyl (C=O) groups excluding carboxylic acids is 2. The van der Waals surface area contributed by atoms with Crippen LogP contribution in [-0.4, -0.2) is 29.7 Å². The third kappa shape index (κ3) is 3.64. The first-order valence-corrected chi connectivity index (χ1v) is 13.0. The van der Waals surface area contributed by atoms with Crippen LogP contribution in [0.25, 0.3) is 0 Å². The summed E-state index contributed by atoms with van der Waals surface area (Å²) < 4.78 is 0. The largest absolute Gasteiger partial charge is 0.350 e. The molecule has 32 heavy (non-hydrogen) atoms. The molecule has 166 valence electrons. The lowest BCUT2D eigenvalue weighted by atomic mass is 9.53. The predicted octanol–water partition coefficient (Wildman–Crippen LogP) is 5.07. The molecular formula is C27H30N2O2S. The number of rotatable bonds is 5. The number of carbonyl (C=O) groups is 2. The van der Waals surface area contributed by atoms with Crippen molar-refractivity contribution in [3.8, 4) is 0 Å². The minimum atomic E-state index is 0.0274. The molecule has 4 saturated carbocycles. The molecule has 2 amide bonds. The number of nitrogens with zero attached hydrogens (tertiary/aromatic N) is 1. The SMILES string of the molecule is O=C(CSc1ccccc1C(=O)N1CCc2ccccc21)NC12CC3CC(CC(C3)C1)C2. The molecule has 4 fully saturated rings. The third-order valence-electron chi connectivity index (χ3n) is 8.05. The topological polar surface area (TPSA) is 49.4 Å². The zero-order chi connectivity index (χ0) is 21.7. The first kappa shape index (κ1) is 20.3. The van der Waals surface area contributed by atoms with Gasteiger partial charge in [-0.2, -0.15) is 0 Å². The van der Waals surface area contributed by atoms with E-state index in [0.717, 1.165) is 34.8 Å². The van der Waals surface area contributed by atoms with E-state index in [0.29, 0.717) is 17.9 Å². The first-order chi connectivity index (χ1) is 15.6. The highest BCUT2D eigenvalue weighted by Crippen LogP contribution is 2.55. The molecule has 2 aromatic rings. The fourth-order valence-corrected chi connectivity index (χ4v) is 8.05. The number of para-hydroxylation sites is 1. The van der Waals surface area contributed by atoms with E-state index in [4.69, 9.17) is 0 Å². The normalized spacial score (nSPS) is 29.8. The lowest BCUT2D eigenvalue weighted by molar-refractivity contribution is -0.124. The molecule has 0 aromatic heterocycles. The van der Waals surface area contributed by atoms with Gasteiger partial charge in [0, 0.05) is 22.7 Å². The highest BCUT2D eigenvalue weighted by molar-refractivity contribution is 8.00. The fraction of sp³-hybridized carbons (Fsp3) is 0.481. The summed E-state index contributed by atoms with van der Waals surface area (Å²) in [5.74, 6) is 2.95. The summed E-state index contributed by atoms with van der Waals surface area (Å²) in [6.45, 7) is 0.712. The van der Waals surface area contributed by atoms with Crippen molar-refractivity contribution >= 4 is 29.3 Å². The molecule has 7 rings (SSSR count). The molecule has 1 heterocycles. The van der Waals surface area contributed by atoms with Gasteiger partial charge in [-0.25, -0.2) is 0 Å². The van der Waals surface area contributed by atoms with Crippen molar-refractivity contribution in [1.82, 2.24) is 5.32 Å². The quantitative estimate of drug-likeness (QED) is 0.653. The van der Waals surface area contributed by atoms with Crippen LogP contribution < -0.4 is 10.2 Å². The van der Waals surface area contributed by atoms with Gasteiger partial charge in [0.2, 0.25) is 5.91 Å². The summed E-state index contributed by atoms with van der Waals surface area (Å²) in [4.78, 5) is 29.1. The molecule has 4 bridgehead atoms. The van der Waals surface area contributed by atoms with Gasteiger partial charge in [0.05, 0.1) is 11.3 Å². The monoisotopic (exact) mass is 446 g/mol. The highest BCUT2D eigenvalue weighted by Gasteiger charge is 2.51. The summed E-state index contributed by atoms with van der Waals surface area (Å²) in [6.07, 6.45) is 8.51. The number of benzene rings is 2. The molecular weight excluding hydrogens is 416 g/mol. The van der Waals surface area contributed by atoms with E-state index in [1.807, 2.05) is 47.4 Å². The minimum absolute atomic E-state index is 0.0274. The molecule has 2 aromatic carbocycles. The van der Waals surface area contributed by atoms with Crippen molar-refractivity contribution in [1.29, 1.82) is 0 Å². The van der Waals surface area contributed by atoms with Crippen LogP contribution in [0.3, 0.4) is 0 Å². The van der Waals surface area contributed by atoms with Gasteiger partial charge in [-0.3, -0.25) is 9.59 Å². The summed E-state index contributed by atoms with van der Waals surface area (Å²) in [5, 5.41) is 3.46. The molecule has 0 atom stereocenters. The van der Waals surface area contributed by atoms with Gasteiger partial charge in [0.25, 0.3) is 5.91 Å². The Kier molecular flexibility index (Phi) is 5.05. The van der Waals surface area contributed by atoms with Crippen LogP contribution in [0, 0.1) is 17.8 Å². The number of amides is 2. The van der Waals surface area contributed by atoms with Gasteiger partial charge in [-0.1, -0.05) is 30.3 Å². The van der Waals surface area contributed by atoms with E-state index in [-0.39, 0.29) is 17.4 Å². The van der Waals surface area contributed by atoms with Gasteiger partial charge in [0.15, 0.2) is 0 Å². The second-order valence-electron chi connectivity index (χ2n) is 10.4. The lowest BCUT2D eigenvalue weighted by Crippen LogP contribution is -2.60. The summed E-state index contributed by atoms with van der Waals surface area (Å²) in [5.41, 5.74) is 2.97. The molecule has 1 N–H and O–H groups in total. The summed E-state index contributed by atoms with van der Waals surface area (Å²) >= 11 is 1.49. The van der Waals surface area contributed by atoms with Crippen LogP contribution >= 0.6 is 11.8 Å². The molecule has 0 radical (unpaired) electrons. The Hall–Kier alpha value is -2.27. The van der Waals surface area contributed by atoms with Gasteiger partial charge in [-0.15, -0.1) is 11.8 Å². The van der Waals surface area contributed by atoms with Gasteiger partial charge in [0.1, 0.15) is 0 Å². The van der Waals surface area contributed by atoms with Crippen molar-refractivity contribution in [3.05, 3.63) is 59.7 Å². The van der Waals surface area contributed by atoms with Gasteiger partial charge >= 0.3 is 0 Å². The smallest absolute Gasteiger partial charge is 0.259 e. The van der Waals surface area contributed by atoms with Crippen molar-refractivity contribution in [2.24, 2.45) is 17.8 Å². The van der Waals surface area contributed by atoms with Crippen molar-refractivity contribution in [2.75, 3.05) is 17.2 Å².